The van der Waals surface area contributed by atoms with Crippen LogP contribution in [0.5, 0.6) is 0 Å². The van der Waals surface area contributed by atoms with E-state index in [9.17, 15) is 12.8 Å². The standard InChI is InChI=1S/C19H25FN4O2S/c1-21-19(23-11-10-15-6-8-18(20)9-7-15)24-13-16-4-3-5-17(12-16)14-27(25,26)22-2/h3-9,12,22H,10-11,13-14H2,1-2H3,(H2,21,23,24). The van der Waals surface area contributed by atoms with Crippen LogP contribution < -0.4 is 15.4 Å². The van der Waals surface area contributed by atoms with Gasteiger partial charge in [0.1, 0.15) is 5.82 Å². The van der Waals surface area contributed by atoms with E-state index in [2.05, 4.69) is 20.3 Å². The van der Waals surface area contributed by atoms with Gasteiger partial charge in [-0.05, 0) is 42.3 Å². The summed E-state index contributed by atoms with van der Waals surface area (Å²) in [6, 6.07) is 13.8. The van der Waals surface area contributed by atoms with Crippen molar-refractivity contribution in [3.8, 4) is 0 Å². The Morgan fingerprint density at radius 3 is 2.41 bits per heavy atom. The van der Waals surface area contributed by atoms with Crippen LogP contribution in [0.25, 0.3) is 0 Å². The summed E-state index contributed by atoms with van der Waals surface area (Å²) in [5.41, 5.74) is 2.72. The Morgan fingerprint density at radius 1 is 1.04 bits per heavy atom. The fraction of sp³-hybridized carbons (Fsp3) is 0.316. The van der Waals surface area contributed by atoms with Gasteiger partial charge in [-0.3, -0.25) is 4.99 Å². The summed E-state index contributed by atoms with van der Waals surface area (Å²) in [6.45, 7) is 1.18. The van der Waals surface area contributed by atoms with Gasteiger partial charge in [-0.25, -0.2) is 17.5 Å². The van der Waals surface area contributed by atoms with E-state index < -0.39 is 10.0 Å². The fourth-order valence-corrected chi connectivity index (χ4v) is 3.27. The summed E-state index contributed by atoms with van der Waals surface area (Å²) < 4.78 is 38.6. The average molecular weight is 393 g/mol. The van der Waals surface area contributed by atoms with Gasteiger partial charge in [0, 0.05) is 20.1 Å². The lowest BCUT2D eigenvalue weighted by Crippen LogP contribution is -2.37. The van der Waals surface area contributed by atoms with Gasteiger partial charge in [0.15, 0.2) is 5.96 Å². The molecule has 2 aromatic rings. The summed E-state index contributed by atoms with van der Waals surface area (Å²) in [5.74, 6) is 0.349. The molecule has 0 aliphatic heterocycles. The predicted molar refractivity (Wildman–Crippen MR) is 106 cm³/mol. The lowest BCUT2D eigenvalue weighted by Gasteiger charge is -2.12. The molecule has 2 rings (SSSR count). The number of rotatable bonds is 8. The molecule has 0 radical (unpaired) electrons. The van der Waals surface area contributed by atoms with Crippen LogP contribution in [-0.4, -0.2) is 35.0 Å². The number of aliphatic imine (C=N–C) groups is 1. The van der Waals surface area contributed by atoms with Gasteiger partial charge in [-0.15, -0.1) is 0 Å². The third-order valence-electron chi connectivity index (χ3n) is 3.96. The van der Waals surface area contributed by atoms with E-state index in [1.807, 2.05) is 18.2 Å². The molecule has 0 saturated heterocycles. The molecule has 0 spiro atoms. The van der Waals surface area contributed by atoms with Crippen molar-refractivity contribution in [3.63, 3.8) is 0 Å². The molecular weight excluding hydrogens is 367 g/mol. The Hall–Kier alpha value is -2.45. The second kappa shape index (κ2) is 10.0. The Morgan fingerprint density at radius 2 is 1.74 bits per heavy atom. The van der Waals surface area contributed by atoms with Crippen LogP contribution in [0.3, 0.4) is 0 Å². The molecule has 0 saturated carbocycles. The third kappa shape index (κ3) is 7.36. The van der Waals surface area contributed by atoms with Crippen molar-refractivity contribution in [3.05, 3.63) is 71.0 Å². The lowest BCUT2D eigenvalue weighted by atomic mass is 10.1. The summed E-state index contributed by atoms with van der Waals surface area (Å²) in [7, 11) is -0.208. The topological polar surface area (TPSA) is 82.6 Å². The van der Waals surface area contributed by atoms with Crippen molar-refractivity contribution in [1.82, 2.24) is 15.4 Å². The van der Waals surface area contributed by atoms with Crippen molar-refractivity contribution >= 4 is 16.0 Å². The summed E-state index contributed by atoms with van der Waals surface area (Å²) in [5, 5.41) is 6.40. The van der Waals surface area contributed by atoms with Crippen LogP contribution in [-0.2, 0) is 28.7 Å². The van der Waals surface area contributed by atoms with E-state index in [0.717, 1.165) is 23.1 Å². The third-order valence-corrected chi connectivity index (χ3v) is 5.30. The predicted octanol–water partition coefficient (Wildman–Crippen LogP) is 1.78. The Bertz CT molecular complexity index is 868. The average Bonchev–Trinajstić information content (AvgIpc) is 2.66. The van der Waals surface area contributed by atoms with E-state index in [1.165, 1.54) is 19.2 Å². The van der Waals surface area contributed by atoms with Crippen LogP contribution in [0.4, 0.5) is 4.39 Å². The Labute approximate surface area is 160 Å². The number of hydrogen-bond acceptors (Lipinski definition) is 3. The van der Waals surface area contributed by atoms with Crippen molar-refractivity contribution in [2.24, 2.45) is 4.99 Å². The van der Waals surface area contributed by atoms with Gasteiger partial charge in [0.25, 0.3) is 0 Å². The van der Waals surface area contributed by atoms with Crippen LogP contribution in [0.2, 0.25) is 0 Å². The first-order valence-electron chi connectivity index (χ1n) is 8.60. The number of hydrogen-bond donors (Lipinski definition) is 3. The smallest absolute Gasteiger partial charge is 0.215 e. The molecule has 0 aliphatic carbocycles. The van der Waals surface area contributed by atoms with Crippen LogP contribution in [0.1, 0.15) is 16.7 Å². The summed E-state index contributed by atoms with van der Waals surface area (Å²) in [6.07, 6.45) is 0.748. The zero-order valence-corrected chi connectivity index (χ0v) is 16.3. The van der Waals surface area contributed by atoms with E-state index in [1.54, 1.807) is 25.2 Å². The van der Waals surface area contributed by atoms with Gasteiger partial charge in [-0.1, -0.05) is 36.4 Å². The number of benzene rings is 2. The minimum atomic E-state index is -3.30. The second-order valence-corrected chi connectivity index (χ2v) is 7.94. The molecule has 8 heteroatoms. The molecule has 0 unspecified atom stereocenters. The maximum Gasteiger partial charge on any atom is 0.215 e. The monoisotopic (exact) mass is 392 g/mol. The molecule has 27 heavy (non-hydrogen) atoms. The highest BCUT2D eigenvalue weighted by Gasteiger charge is 2.09. The second-order valence-electron chi connectivity index (χ2n) is 6.01. The molecule has 0 fully saturated rings. The number of nitrogens with zero attached hydrogens (tertiary/aromatic N) is 1. The number of sulfonamides is 1. The fourth-order valence-electron chi connectivity index (χ4n) is 2.50. The molecule has 0 aliphatic rings. The highest BCUT2D eigenvalue weighted by molar-refractivity contribution is 7.88. The molecule has 0 aromatic heterocycles. The quantitative estimate of drug-likeness (QED) is 0.472. The maximum absolute atomic E-state index is 12.9. The van der Waals surface area contributed by atoms with E-state index in [4.69, 9.17) is 0 Å². The highest BCUT2D eigenvalue weighted by Crippen LogP contribution is 2.08. The van der Waals surface area contributed by atoms with Crippen molar-refractivity contribution in [2.45, 2.75) is 18.7 Å². The van der Waals surface area contributed by atoms with Crippen molar-refractivity contribution in [2.75, 3.05) is 20.6 Å². The van der Waals surface area contributed by atoms with Gasteiger partial charge in [-0.2, -0.15) is 0 Å². The number of nitrogens with one attached hydrogen (secondary N) is 3. The SMILES string of the molecule is CN=C(NCCc1ccc(F)cc1)NCc1cccc(CS(=O)(=O)NC)c1. The Balaban J connectivity index is 1.84. The van der Waals surface area contributed by atoms with Crippen molar-refractivity contribution < 1.29 is 12.8 Å². The van der Waals surface area contributed by atoms with E-state index in [0.29, 0.717) is 19.0 Å². The molecule has 146 valence electrons. The zero-order chi connectivity index (χ0) is 19.7. The van der Waals surface area contributed by atoms with Crippen LogP contribution in [0.15, 0.2) is 53.5 Å². The minimum absolute atomic E-state index is 0.0536. The van der Waals surface area contributed by atoms with Gasteiger partial charge in [0.05, 0.1) is 5.75 Å². The number of halogens is 1. The van der Waals surface area contributed by atoms with Crippen molar-refractivity contribution in [1.29, 1.82) is 0 Å². The van der Waals surface area contributed by atoms with Crippen LogP contribution >= 0.6 is 0 Å². The van der Waals surface area contributed by atoms with Gasteiger partial charge < -0.3 is 10.6 Å². The summed E-state index contributed by atoms with van der Waals surface area (Å²) in [4.78, 5) is 4.17. The van der Waals surface area contributed by atoms with Gasteiger partial charge in [0.2, 0.25) is 10.0 Å². The maximum atomic E-state index is 12.9. The summed E-state index contributed by atoms with van der Waals surface area (Å²) >= 11 is 0. The van der Waals surface area contributed by atoms with Crippen LogP contribution in [0, 0.1) is 5.82 Å². The molecule has 0 bridgehead atoms. The zero-order valence-electron chi connectivity index (χ0n) is 15.5. The molecule has 2 aromatic carbocycles. The first-order valence-corrected chi connectivity index (χ1v) is 10.2. The lowest BCUT2D eigenvalue weighted by molar-refractivity contribution is 0.587. The normalized spacial score (nSPS) is 12.0. The largest absolute Gasteiger partial charge is 0.356 e. The first kappa shape index (κ1) is 20.9. The van der Waals surface area contributed by atoms with E-state index in [-0.39, 0.29) is 11.6 Å². The minimum Gasteiger partial charge on any atom is -0.356 e. The number of guanidine groups is 1. The Kier molecular flexibility index (Phi) is 7.75. The molecule has 3 N–H and O–H groups in total. The molecule has 0 atom stereocenters. The van der Waals surface area contributed by atoms with Gasteiger partial charge >= 0.3 is 0 Å². The first-order chi connectivity index (χ1) is 12.9. The highest BCUT2D eigenvalue weighted by atomic mass is 32.2. The van der Waals surface area contributed by atoms with E-state index >= 15 is 0 Å². The molecule has 0 amide bonds. The molecule has 6 nitrogen and oxygen atoms in total. The molecular formula is C19H25FN4O2S. The molecule has 0 heterocycles.